The van der Waals surface area contributed by atoms with Gasteiger partial charge in [-0.15, -0.1) is 0 Å². The summed E-state index contributed by atoms with van der Waals surface area (Å²) < 4.78 is 9.68. The average Bonchev–Trinajstić information content (AvgIpc) is 2.76. The number of ether oxygens (including phenoxy) is 2. The standard InChI is InChI=1S/C25H24N2O5/c1-3-31-25(30)32-22-13-11-19(12-14-22)24(29)27-21-6-4-5-20(16-21)26-23(28)15-18-9-7-17(2)8-10-18/h4-14,16H,3,15H2,1-2H3,(H,26,28)(H,27,29). The maximum Gasteiger partial charge on any atom is 0.513 e. The van der Waals surface area contributed by atoms with E-state index in [0.29, 0.717) is 16.9 Å². The van der Waals surface area contributed by atoms with E-state index in [1.807, 2.05) is 31.2 Å². The molecule has 0 aliphatic rings. The van der Waals surface area contributed by atoms with Crippen molar-refractivity contribution < 1.29 is 23.9 Å². The lowest BCUT2D eigenvalue weighted by molar-refractivity contribution is -0.115. The summed E-state index contributed by atoms with van der Waals surface area (Å²) in [5, 5.41) is 5.63. The van der Waals surface area contributed by atoms with E-state index in [9.17, 15) is 14.4 Å². The number of carbonyl (C=O) groups is 3. The summed E-state index contributed by atoms with van der Waals surface area (Å²) in [5.74, 6) is -0.205. The molecule has 0 heterocycles. The van der Waals surface area contributed by atoms with Gasteiger partial charge in [0.05, 0.1) is 13.0 Å². The van der Waals surface area contributed by atoms with Crippen molar-refractivity contribution in [2.24, 2.45) is 0 Å². The molecule has 3 aromatic rings. The molecule has 32 heavy (non-hydrogen) atoms. The van der Waals surface area contributed by atoms with Gasteiger partial charge in [-0.1, -0.05) is 35.9 Å². The van der Waals surface area contributed by atoms with E-state index in [0.717, 1.165) is 11.1 Å². The molecule has 0 atom stereocenters. The monoisotopic (exact) mass is 432 g/mol. The zero-order chi connectivity index (χ0) is 22.9. The predicted octanol–water partition coefficient (Wildman–Crippen LogP) is 4.96. The maximum atomic E-state index is 12.5. The number of benzene rings is 3. The average molecular weight is 432 g/mol. The highest BCUT2D eigenvalue weighted by atomic mass is 16.7. The Hall–Kier alpha value is -4.13. The van der Waals surface area contributed by atoms with Gasteiger partial charge in [0, 0.05) is 16.9 Å². The van der Waals surface area contributed by atoms with E-state index in [1.54, 1.807) is 31.2 Å². The van der Waals surface area contributed by atoms with Gasteiger partial charge >= 0.3 is 6.16 Å². The first-order valence-electron chi connectivity index (χ1n) is 10.1. The van der Waals surface area contributed by atoms with Gasteiger partial charge < -0.3 is 20.1 Å². The highest BCUT2D eigenvalue weighted by Crippen LogP contribution is 2.18. The van der Waals surface area contributed by atoms with Crippen molar-refractivity contribution in [1.29, 1.82) is 0 Å². The third-order valence-electron chi connectivity index (χ3n) is 4.47. The van der Waals surface area contributed by atoms with Crippen LogP contribution in [0.5, 0.6) is 5.75 Å². The van der Waals surface area contributed by atoms with Gasteiger partial charge in [0.1, 0.15) is 5.75 Å². The summed E-state index contributed by atoms with van der Waals surface area (Å²) in [6, 6.07) is 20.8. The quantitative estimate of drug-likeness (QED) is 0.406. The molecule has 0 bridgehead atoms. The molecule has 2 N–H and O–H groups in total. The third-order valence-corrected chi connectivity index (χ3v) is 4.47. The first-order chi connectivity index (χ1) is 15.4. The van der Waals surface area contributed by atoms with Crippen molar-refractivity contribution in [3.05, 3.63) is 89.5 Å². The smallest absolute Gasteiger partial charge is 0.434 e. The highest BCUT2D eigenvalue weighted by Gasteiger charge is 2.10. The lowest BCUT2D eigenvalue weighted by Gasteiger charge is -2.10. The minimum atomic E-state index is -0.800. The van der Waals surface area contributed by atoms with Gasteiger partial charge in [-0.3, -0.25) is 9.59 Å². The zero-order valence-corrected chi connectivity index (χ0v) is 17.9. The van der Waals surface area contributed by atoms with Gasteiger partial charge in [0.25, 0.3) is 5.91 Å². The van der Waals surface area contributed by atoms with Crippen molar-refractivity contribution in [1.82, 2.24) is 0 Å². The fourth-order valence-corrected chi connectivity index (χ4v) is 2.89. The van der Waals surface area contributed by atoms with E-state index < -0.39 is 6.16 Å². The zero-order valence-electron chi connectivity index (χ0n) is 17.9. The molecule has 0 aliphatic heterocycles. The number of nitrogens with one attached hydrogen (secondary N) is 2. The first-order valence-corrected chi connectivity index (χ1v) is 10.1. The van der Waals surface area contributed by atoms with Crippen molar-refractivity contribution in [2.45, 2.75) is 20.3 Å². The van der Waals surface area contributed by atoms with E-state index in [1.165, 1.54) is 24.3 Å². The molecule has 164 valence electrons. The van der Waals surface area contributed by atoms with Crippen LogP contribution in [0.4, 0.5) is 16.2 Å². The van der Waals surface area contributed by atoms with Crippen molar-refractivity contribution in [3.63, 3.8) is 0 Å². The van der Waals surface area contributed by atoms with E-state index in [-0.39, 0.29) is 30.6 Å². The second-order valence-electron chi connectivity index (χ2n) is 7.05. The number of rotatable bonds is 7. The molecule has 3 aromatic carbocycles. The number of hydrogen-bond acceptors (Lipinski definition) is 5. The van der Waals surface area contributed by atoms with Gasteiger partial charge in [-0.25, -0.2) is 4.79 Å². The van der Waals surface area contributed by atoms with Gasteiger partial charge in [0.2, 0.25) is 5.91 Å². The topological polar surface area (TPSA) is 93.7 Å². The molecular formula is C25H24N2O5. The van der Waals surface area contributed by atoms with Crippen molar-refractivity contribution in [3.8, 4) is 5.75 Å². The number of aryl methyl sites for hydroxylation is 1. The van der Waals surface area contributed by atoms with Crippen LogP contribution in [-0.2, 0) is 16.0 Å². The van der Waals surface area contributed by atoms with Crippen LogP contribution in [-0.4, -0.2) is 24.6 Å². The van der Waals surface area contributed by atoms with Crippen LogP contribution in [0.25, 0.3) is 0 Å². The third kappa shape index (κ3) is 6.70. The normalized spacial score (nSPS) is 10.2. The van der Waals surface area contributed by atoms with Crippen molar-refractivity contribution >= 4 is 29.3 Å². The molecule has 0 saturated carbocycles. The van der Waals surface area contributed by atoms with Gasteiger partial charge in [-0.05, 0) is 61.9 Å². The minimum Gasteiger partial charge on any atom is -0.434 e. The minimum absolute atomic E-state index is 0.144. The number of anilines is 2. The fourth-order valence-electron chi connectivity index (χ4n) is 2.89. The molecule has 0 aromatic heterocycles. The van der Waals surface area contributed by atoms with Crippen LogP contribution in [0.1, 0.15) is 28.4 Å². The number of amides is 2. The van der Waals surface area contributed by atoms with Crippen LogP contribution in [0.15, 0.2) is 72.8 Å². The summed E-state index contributed by atoms with van der Waals surface area (Å²) >= 11 is 0. The molecule has 3 rings (SSSR count). The van der Waals surface area contributed by atoms with Crippen LogP contribution < -0.4 is 15.4 Å². The summed E-state index contributed by atoms with van der Waals surface area (Å²) in [5.41, 5.74) is 3.56. The second-order valence-corrected chi connectivity index (χ2v) is 7.05. The summed E-state index contributed by atoms with van der Waals surface area (Å²) in [4.78, 5) is 36.2. The van der Waals surface area contributed by atoms with Crippen LogP contribution in [0.3, 0.4) is 0 Å². The highest BCUT2D eigenvalue weighted by molar-refractivity contribution is 6.04. The Bertz CT molecular complexity index is 1090. The molecule has 7 heteroatoms. The predicted molar refractivity (Wildman–Crippen MR) is 122 cm³/mol. The summed E-state index contributed by atoms with van der Waals surface area (Å²) in [6.45, 7) is 3.89. The Labute approximate surface area is 186 Å². The summed E-state index contributed by atoms with van der Waals surface area (Å²) in [7, 11) is 0. The number of hydrogen-bond donors (Lipinski definition) is 2. The SMILES string of the molecule is CCOC(=O)Oc1ccc(C(=O)Nc2cccc(NC(=O)Cc3ccc(C)cc3)c2)cc1. The van der Waals surface area contributed by atoms with Crippen LogP contribution in [0, 0.1) is 6.92 Å². The van der Waals surface area contributed by atoms with E-state index in [4.69, 9.17) is 9.47 Å². The van der Waals surface area contributed by atoms with Crippen LogP contribution in [0.2, 0.25) is 0 Å². The fraction of sp³-hybridized carbons (Fsp3) is 0.160. The molecule has 0 unspecified atom stereocenters. The molecule has 7 nitrogen and oxygen atoms in total. The Morgan fingerprint density at radius 2 is 1.50 bits per heavy atom. The lowest BCUT2D eigenvalue weighted by Crippen LogP contribution is -2.15. The van der Waals surface area contributed by atoms with Gasteiger partial charge in [0.15, 0.2) is 0 Å². The molecule has 0 spiro atoms. The molecular weight excluding hydrogens is 408 g/mol. The molecule has 0 aliphatic carbocycles. The Kier molecular flexibility index (Phi) is 7.59. The number of carbonyl (C=O) groups excluding carboxylic acids is 3. The Balaban J connectivity index is 1.57. The first kappa shape index (κ1) is 22.6. The molecule has 2 amide bonds. The van der Waals surface area contributed by atoms with E-state index >= 15 is 0 Å². The summed E-state index contributed by atoms with van der Waals surface area (Å²) in [6.07, 6.45) is -0.539. The van der Waals surface area contributed by atoms with Crippen molar-refractivity contribution in [2.75, 3.05) is 17.2 Å². The van der Waals surface area contributed by atoms with E-state index in [2.05, 4.69) is 10.6 Å². The maximum absolute atomic E-state index is 12.5. The molecule has 0 fully saturated rings. The van der Waals surface area contributed by atoms with Crippen LogP contribution >= 0.6 is 0 Å². The Morgan fingerprint density at radius 3 is 2.16 bits per heavy atom. The molecule has 0 radical (unpaired) electrons. The lowest BCUT2D eigenvalue weighted by atomic mass is 10.1. The largest absolute Gasteiger partial charge is 0.513 e. The Morgan fingerprint density at radius 1 is 0.844 bits per heavy atom. The second kappa shape index (κ2) is 10.8. The van der Waals surface area contributed by atoms with Gasteiger partial charge in [-0.2, -0.15) is 0 Å². The molecule has 0 saturated heterocycles.